The smallest absolute Gasteiger partial charge is 0.252 e. The Bertz CT molecular complexity index is 892. The molecular weight excluding hydrogens is 284 g/mol. The lowest BCUT2D eigenvalue weighted by molar-refractivity contribution is 0.688. The maximum absolute atomic E-state index is 12.3. The number of aromatic amines is 1. The second-order valence-electron chi connectivity index (χ2n) is 6.20. The molecule has 0 aliphatic carbocycles. The standard InChI is InChI=1S/C20H22N2O/c1-13-4-8-16(9-5-13)11-21-12-17-10-18-14(2)6-7-15(3)19(18)22-20(17)23/h4-10,21H,11-12H2,1-3H3,(H,22,23). The molecule has 118 valence electrons. The third kappa shape index (κ3) is 3.35. The van der Waals surface area contributed by atoms with Gasteiger partial charge in [-0.2, -0.15) is 0 Å². The van der Waals surface area contributed by atoms with Crippen LogP contribution in [0.2, 0.25) is 0 Å². The maximum Gasteiger partial charge on any atom is 0.252 e. The van der Waals surface area contributed by atoms with E-state index in [1.807, 2.05) is 19.1 Å². The summed E-state index contributed by atoms with van der Waals surface area (Å²) in [6.07, 6.45) is 0. The van der Waals surface area contributed by atoms with Gasteiger partial charge in [0.2, 0.25) is 0 Å². The van der Waals surface area contributed by atoms with Gasteiger partial charge >= 0.3 is 0 Å². The van der Waals surface area contributed by atoms with Gasteiger partial charge in [-0.3, -0.25) is 4.79 Å². The van der Waals surface area contributed by atoms with Crippen LogP contribution in [0.25, 0.3) is 10.9 Å². The van der Waals surface area contributed by atoms with E-state index in [9.17, 15) is 4.79 Å². The zero-order valence-corrected chi connectivity index (χ0v) is 13.9. The Morgan fingerprint density at radius 2 is 1.61 bits per heavy atom. The van der Waals surface area contributed by atoms with E-state index in [1.54, 1.807) is 0 Å². The Kier molecular flexibility index (Phi) is 4.30. The number of pyridine rings is 1. The molecule has 1 heterocycles. The summed E-state index contributed by atoms with van der Waals surface area (Å²) in [5.41, 5.74) is 6.46. The lowest BCUT2D eigenvalue weighted by Gasteiger charge is -2.09. The van der Waals surface area contributed by atoms with Crippen LogP contribution < -0.4 is 10.9 Å². The molecule has 0 amide bonds. The Hall–Kier alpha value is -2.39. The predicted molar refractivity (Wildman–Crippen MR) is 95.8 cm³/mol. The molecule has 2 aromatic carbocycles. The van der Waals surface area contributed by atoms with Gasteiger partial charge in [-0.25, -0.2) is 0 Å². The summed E-state index contributed by atoms with van der Waals surface area (Å²) in [5.74, 6) is 0. The first-order valence-corrected chi connectivity index (χ1v) is 7.93. The minimum Gasteiger partial charge on any atom is -0.321 e. The zero-order valence-electron chi connectivity index (χ0n) is 13.9. The zero-order chi connectivity index (χ0) is 16.4. The molecule has 3 rings (SSSR count). The molecule has 0 radical (unpaired) electrons. The number of aryl methyl sites for hydroxylation is 3. The van der Waals surface area contributed by atoms with Crippen LogP contribution in [0.1, 0.15) is 27.8 Å². The van der Waals surface area contributed by atoms with E-state index in [-0.39, 0.29) is 5.56 Å². The van der Waals surface area contributed by atoms with Crippen LogP contribution in [0.3, 0.4) is 0 Å². The molecule has 0 unspecified atom stereocenters. The lowest BCUT2D eigenvalue weighted by Crippen LogP contribution is -2.21. The quantitative estimate of drug-likeness (QED) is 0.771. The average Bonchev–Trinajstić information content (AvgIpc) is 2.54. The van der Waals surface area contributed by atoms with E-state index < -0.39 is 0 Å². The van der Waals surface area contributed by atoms with Crippen LogP contribution >= 0.6 is 0 Å². The summed E-state index contributed by atoms with van der Waals surface area (Å²) >= 11 is 0. The monoisotopic (exact) mass is 306 g/mol. The SMILES string of the molecule is Cc1ccc(CNCc2cc3c(C)ccc(C)c3[nH]c2=O)cc1. The van der Waals surface area contributed by atoms with Gasteiger partial charge in [0.25, 0.3) is 5.56 Å². The van der Waals surface area contributed by atoms with E-state index in [0.29, 0.717) is 6.54 Å². The molecule has 1 aromatic heterocycles. The van der Waals surface area contributed by atoms with Gasteiger partial charge in [-0.05, 0) is 43.5 Å². The van der Waals surface area contributed by atoms with Gasteiger partial charge in [0.15, 0.2) is 0 Å². The molecule has 0 aliphatic rings. The molecule has 0 atom stereocenters. The van der Waals surface area contributed by atoms with Crippen molar-refractivity contribution in [2.75, 3.05) is 0 Å². The summed E-state index contributed by atoms with van der Waals surface area (Å²) in [6.45, 7) is 7.49. The molecule has 3 heteroatoms. The van der Waals surface area contributed by atoms with E-state index in [2.05, 4.69) is 54.5 Å². The summed E-state index contributed by atoms with van der Waals surface area (Å²) in [6, 6.07) is 14.6. The first-order valence-electron chi connectivity index (χ1n) is 7.93. The number of benzene rings is 2. The van der Waals surface area contributed by atoms with Gasteiger partial charge in [0.1, 0.15) is 0 Å². The molecule has 23 heavy (non-hydrogen) atoms. The van der Waals surface area contributed by atoms with Crippen molar-refractivity contribution in [3.8, 4) is 0 Å². The van der Waals surface area contributed by atoms with Gasteiger partial charge in [-0.1, -0.05) is 42.0 Å². The lowest BCUT2D eigenvalue weighted by atomic mass is 10.0. The van der Waals surface area contributed by atoms with Gasteiger partial charge in [0.05, 0.1) is 5.52 Å². The van der Waals surface area contributed by atoms with E-state index >= 15 is 0 Å². The number of H-pyrrole nitrogens is 1. The molecule has 0 saturated heterocycles. The molecule has 0 spiro atoms. The molecule has 0 bridgehead atoms. The summed E-state index contributed by atoms with van der Waals surface area (Å²) in [5, 5.41) is 4.48. The topological polar surface area (TPSA) is 44.9 Å². The molecule has 0 aliphatic heterocycles. The first-order chi connectivity index (χ1) is 11.0. The van der Waals surface area contributed by atoms with Crippen LogP contribution in [0.4, 0.5) is 0 Å². The maximum atomic E-state index is 12.3. The molecule has 2 N–H and O–H groups in total. The summed E-state index contributed by atoms with van der Waals surface area (Å²) < 4.78 is 0. The highest BCUT2D eigenvalue weighted by Crippen LogP contribution is 2.19. The Labute approximate surface area is 136 Å². The van der Waals surface area contributed by atoms with Crippen LogP contribution in [0.15, 0.2) is 47.3 Å². The third-order valence-corrected chi connectivity index (χ3v) is 4.29. The predicted octanol–water partition coefficient (Wildman–Crippen LogP) is 3.74. The fourth-order valence-corrected chi connectivity index (χ4v) is 2.80. The molecule has 0 fully saturated rings. The van der Waals surface area contributed by atoms with E-state index in [1.165, 1.54) is 16.7 Å². The fourth-order valence-electron chi connectivity index (χ4n) is 2.80. The van der Waals surface area contributed by atoms with E-state index in [0.717, 1.165) is 28.6 Å². The first kappa shape index (κ1) is 15.5. The van der Waals surface area contributed by atoms with Crippen molar-refractivity contribution in [3.05, 3.63) is 80.6 Å². The molecule has 3 aromatic rings. The van der Waals surface area contributed by atoms with Gasteiger partial charge in [-0.15, -0.1) is 0 Å². The third-order valence-electron chi connectivity index (χ3n) is 4.29. The van der Waals surface area contributed by atoms with Gasteiger partial charge in [0, 0.05) is 24.0 Å². The fraction of sp³-hybridized carbons (Fsp3) is 0.250. The number of rotatable bonds is 4. The normalized spacial score (nSPS) is 11.1. The summed E-state index contributed by atoms with van der Waals surface area (Å²) in [7, 11) is 0. The highest BCUT2D eigenvalue weighted by Gasteiger charge is 2.06. The largest absolute Gasteiger partial charge is 0.321 e. The Morgan fingerprint density at radius 1 is 0.913 bits per heavy atom. The minimum absolute atomic E-state index is 0.0115. The van der Waals surface area contributed by atoms with Crippen molar-refractivity contribution in [3.63, 3.8) is 0 Å². The number of aromatic nitrogens is 1. The number of nitrogens with one attached hydrogen (secondary N) is 2. The molecule has 3 nitrogen and oxygen atoms in total. The van der Waals surface area contributed by atoms with Crippen LogP contribution in [-0.4, -0.2) is 4.98 Å². The average molecular weight is 306 g/mol. The van der Waals surface area contributed by atoms with Crippen molar-refractivity contribution in [2.45, 2.75) is 33.9 Å². The van der Waals surface area contributed by atoms with Crippen molar-refractivity contribution in [1.82, 2.24) is 10.3 Å². The highest BCUT2D eigenvalue weighted by molar-refractivity contribution is 5.85. The molecular formula is C20H22N2O. The Morgan fingerprint density at radius 3 is 2.35 bits per heavy atom. The summed E-state index contributed by atoms with van der Waals surface area (Å²) in [4.78, 5) is 15.3. The second-order valence-corrected chi connectivity index (χ2v) is 6.20. The second kappa shape index (κ2) is 6.39. The van der Waals surface area contributed by atoms with Crippen molar-refractivity contribution >= 4 is 10.9 Å². The van der Waals surface area contributed by atoms with E-state index in [4.69, 9.17) is 0 Å². The van der Waals surface area contributed by atoms with Crippen LogP contribution in [0, 0.1) is 20.8 Å². The minimum atomic E-state index is -0.0115. The van der Waals surface area contributed by atoms with Crippen molar-refractivity contribution in [2.24, 2.45) is 0 Å². The highest BCUT2D eigenvalue weighted by atomic mass is 16.1. The van der Waals surface area contributed by atoms with Gasteiger partial charge < -0.3 is 10.3 Å². The Balaban J connectivity index is 1.80. The number of fused-ring (bicyclic) bond motifs is 1. The number of hydrogen-bond acceptors (Lipinski definition) is 2. The molecule has 0 saturated carbocycles. The number of hydrogen-bond donors (Lipinski definition) is 2. The van der Waals surface area contributed by atoms with Crippen molar-refractivity contribution in [1.29, 1.82) is 0 Å². The van der Waals surface area contributed by atoms with Crippen molar-refractivity contribution < 1.29 is 0 Å². The van der Waals surface area contributed by atoms with Crippen LogP contribution in [-0.2, 0) is 13.1 Å². The van der Waals surface area contributed by atoms with Crippen LogP contribution in [0.5, 0.6) is 0 Å².